The van der Waals surface area contributed by atoms with E-state index in [1.54, 1.807) is 0 Å². The second-order valence-electron chi connectivity index (χ2n) is 7.02. The van der Waals surface area contributed by atoms with Gasteiger partial charge in [-0.2, -0.15) is 0 Å². The molecule has 10 N–H and O–H groups in total. The van der Waals surface area contributed by atoms with Gasteiger partial charge in [-0.25, -0.2) is 0 Å². The zero-order valence-corrected chi connectivity index (χ0v) is 17.0. The molecule has 0 aromatic heterocycles. The van der Waals surface area contributed by atoms with Crippen molar-refractivity contribution in [3.63, 3.8) is 0 Å². The number of aliphatic imine (C=N–C) groups is 1. The highest BCUT2D eigenvalue weighted by Crippen LogP contribution is 2.19. The summed E-state index contributed by atoms with van der Waals surface area (Å²) in [5.74, 6) is -4.62. The first kappa shape index (κ1) is 25.6. The molecule has 0 radical (unpaired) electrons. The monoisotopic (exact) mass is 443 g/mol. The first-order valence-electron chi connectivity index (χ1n) is 9.66. The highest BCUT2D eigenvalue weighted by atomic mass is 16.4. The van der Waals surface area contributed by atoms with Crippen molar-refractivity contribution in [1.82, 2.24) is 15.5 Å². The summed E-state index contributed by atoms with van der Waals surface area (Å²) in [6.07, 6.45) is 0.681. The quantitative estimate of drug-likeness (QED) is 0.0891. The van der Waals surface area contributed by atoms with E-state index in [-0.39, 0.29) is 25.5 Å². The maximum Gasteiger partial charge on any atom is 0.322 e. The maximum atomic E-state index is 12.8. The van der Waals surface area contributed by atoms with Crippen LogP contribution in [0.3, 0.4) is 0 Å². The van der Waals surface area contributed by atoms with Crippen LogP contribution in [0.5, 0.6) is 0 Å². The van der Waals surface area contributed by atoms with Crippen LogP contribution >= 0.6 is 0 Å². The molecule has 0 saturated carbocycles. The highest BCUT2D eigenvalue weighted by molar-refractivity contribution is 5.94. The molecule has 0 aromatic rings. The Bertz CT molecular complexity index is 724. The number of amides is 3. The number of carboxylic acids is 2. The van der Waals surface area contributed by atoms with Crippen molar-refractivity contribution in [3.05, 3.63) is 0 Å². The summed E-state index contributed by atoms with van der Waals surface area (Å²) in [7, 11) is 0. The Morgan fingerprint density at radius 1 is 1.13 bits per heavy atom. The first-order chi connectivity index (χ1) is 14.5. The van der Waals surface area contributed by atoms with Gasteiger partial charge in [-0.15, -0.1) is 0 Å². The van der Waals surface area contributed by atoms with Crippen LogP contribution in [0.15, 0.2) is 4.99 Å². The lowest BCUT2D eigenvalue weighted by atomic mass is 10.1. The fourth-order valence-corrected chi connectivity index (χ4v) is 3.12. The lowest BCUT2D eigenvalue weighted by Crippen LogP contribution is -2.55. The zero-order valence-electron chi connectivity index (χ0n) is 17.0. The maximum absolute atomic E-state index is 12.8. The molecular weight excluding hydrogens is 414 g/mol. The summed E-state index contributed by atoms with van der Waals surface area (Å²) in [6, 6.07) is -3.29. The molecule has 0 spiro atoms. The molecule has 1 aliphatic rings. The number of nitrogens with zero attached hydrogens (tertiary/aromatic N) is 2. The number of aliphatic carboxylic acids is 2. The number of hydrogen-bond acceptors (Lipinski definition) is 7. The molecule has 0 bridgehead atoms. The molecule has 3 unspecified atom stereocenters. The molecule has 14 nitrogen and oxygen atoms in total. The number of carbonyl (C=O) groups excluding carboxylic acids is 3. The molecular formula is C17H29N7O7. The molecule has 14 heteroatoms. The van der Waals surface area contributed by atoms with Gasteiger partial charge in [-0.3, -0.25) is 29.0 Å². The van der Waals surface area contributed by atoms with E-state index in [4.69, 9.17) is 27.4 Å². The molecule has 1 fully saturated rings. The van der Waals surface area contributed by atoms with E-state index in [0.29, 0.717) is 19.3 Å². The van der Waals surface area contributed by atoms with Crippen LogP contribution in [0.4, 0.5) is 0 Å². The van der Waals surface area contributed by atoms with E-state index in [0.717, 1.165) is 0 Å². The summed E-state index contributed by atoms with van der Waals surface area (Å²) in [6.45, 7) is -0.208. The number of nitrogens with two attached hydrogens (primary N) is 3. The van der Waals surface area contributed by atoms with E-state index < -0.39 is 60.8 Å². The van der Waals surface area contributed by atoms with Gasteiger partial charge in [0.05, 0.1) is 12.5 Å². The summed E-state index contributed by atoms with van der Waals surface area (Å²) in [4.78, 5) is 64.0. The largest absolute Gasteiger partial charge is 0.481 e. The van der Waals surface area contributed by atoms with Gasteiger partial charge < -0.3 is 42.9 Å². The number of guanidine groups is 1. The van der Waals surface area contributed by atoms with Crippen LogP contribution in [-0.2, 0) is 24.0 Å². The van der Waals surface area contributed by atoms with Crippen molar-refractivity contribution < 1.29 is 34.2 Å². The molecule has 1 saturated heterocycles. The van der Waals surface area contributed by atoms with Crippen molar-refractivity contribution >= 4 is 35.6 Å². The van der Waals surface area contributed by atoms with Gasteiger partial charge in [0, 0.05) is 13.1 Å². The summed E-state index contributed by atoms with van der Waals surface area (Å²) >= 11 is 0. The fourth-order valence-electron chi connectivity index (χ4n) is 3.12. The Hall–Kier alpha value is -3.42. The van der Waals surface area contributed by atoms with Gasteiger partial charge in [0.25, 0.3) is 0 Å². The predicted octanol–water partition coefficient (Wildman–Crippen LogP) is -3.48. The Labute approximate surface area is 178 Å². The van der Waals surface area contributed by atoms with E-state index in [2.05, 4.69) is 15.6 Å². The van der Waals surface area contributed by atoms with E-state index in [1.807, 2.05) is 0 Å². The average molecular weight is 443 g/mol. The van der Waals surface area contributed by atoms with Gasteiger partial charge in [-0.05, 0) is 25.7 Å². The third-order valence-corrected chi connectivity index (χ3v) is 4.54. The normalized spacial score (nSPS) is 17.3. The van der Waals surface area contributed by atoms with E-state index in [9.17, 15) is 24.0 Å². The molecule has 1 rings (SSSR count). The lowest BCUT2D eigenvalue weighted by molar-refractivity contribution is -0.144. The predicted molar refractivity (Wildman–Crippen MR) is 107 cm³/mol. The molecule has 3 atom stereocenters. The number of hydrogen-bond donors (Lipinski definition) is 7. The van der Waals surface area contributed by atoms with E-state index >= 15 is 0 Å². The van der Waals surface area contributed by atoms with Crippen LogP contribution in [0.2, 0.25) is 0 Å². The molecule has 31 heavy (non-hydrogen) atoms. The average Bonchev–Trinajstić information content (AvgIpc) is 3.16. The minimum atomic E-state index is -1.29. The van der Waals surface area contributed by atoms with Gasteiger partial charge in [0.15, 0.2) is 5.96 Å². The van der Waals surface area contributed by atoms with Gasteiger partial charge in [-0.1, -0.05) is 0 Å². The van der Waals surface area contributed by atoms with Crippen LogP contribution in [-0.4, -0.2) is 88.5 Å². The van der Waals surface area contributed by atoms with E-state index in [1.165, 1.54) is 4.90 Å². The summed E-state index contributed by atoms with van der Waals surface area (Å²) < 4.78 is 0. The van der Waals surface area contributed by atoms with Gasteiger partial charge in [0.2, 0.25) is 17.7 Å². The SMILES string of the molecule is NC(N)=NCCCC(NC(=O)C1CCCN1C(=O)C(N)CC(=O)O)C(=O)NCC(=O)O. The number of nitrogens with one attached hydrogen (secondary N) is 2. The van der Waals surface area contributed by atoms with Crippen molar-refractivity contribution in [2.45, 2.75) is 50.2 Å². The topological polar surface area (TPSA) is 244 Å². The van der Waals surface area contributed by atoms with Gasteiger partial charge >= 0.3 is 11.9 Å². The minimum Gasteiger partial charge on any atom is -0.481 e. The Balaban J connectivity index is 2.82. The molecule has 1 heterocycles. The molecule has 0 aromatic carbocycles. The van der Waals surface area contributed by atoms with Crippen LogP contribution in [0, 0.1) is 0 Å². The third-order valence-electron chi connectivity index (χ3n) is 4.54. The number of likely N-dealkylation sites (tertiary alicyclic amines) is 1. The Morgan fingerprint density at radius 3 is 2.39 bits per heavy atom. The zero-order chi connectivity index (χ0) is 23.6. The number of carboxylic acid groups (broad SMARTS) is 2. The van der Waals surface area contributed by atoms with Crippen molar-refractivity contribution in [1.29, 1.82) is 0 Å². The van der Waals surface area contributed by atoms with Gasteiger partial charge in [0.1, 0.15) is 18.6 Å². The number of rotatable bonds is 12. The van der Waals surface area contributed by atoms with Crippen LogP contribution in [0.25, 0.3) is 0 Å². The number of carbonyl (C=O) groups is 5. The second kappa shape index (κ2) is 12.3. The minimum absolute atomic E-state index is 0.118. The Morgan fingerprint density at radius 2 is 1.81 bits per heavy atom. The molecule has 1 aliphatic heterocycles. The second-order valence-corrected chi connectivity index (χ2v) is 7.02. The smallest absolute Gasteiger partial charge is 0.322 e. The van der Waals surface area contributed by atoms with Crippen molar-refractivity contribution in [2.24, 2.45) is 22.2 Å². The first-order valence-corrected chi connectivity index (χ1v) is 9.66. The molecule has 174 valence electrons. The third kappa shape index (κ3) is 8.86. The fraction of sp³-hybridized carbons (Fsp3) is 0.647. The van der Waals surface area contributed by atoms with Crippen molar-refractivity contribution in [2.75, 3.05) is 19.6 Å². The lowest BCUT2D eigenvalue weighted by Gasteiger charge is -2.28. The Kier molecular flexibility index (Phi) is 10.2. The van der Waals surface area contributed by atoms with Crippen LogP contribution in [0.1, 0.15) is 32.1 Å². The molecule has 3 amide bonds. The summed E-state index contributed by atoms with van der Waals surface area (Å²) in [5, 5.41) is 22.3. The summed E-state index contributed by atoms with van der Waals surface area (Å²) in [5.41, 5.74) is 16.1. The van der Waals surface area contributed by atoms with Crippen LogP contribution < -0.4 is 27.8 Å². The standard InChI is InChI=1S/C17H29N7O7/c18-9(7-12(25)26)16(31)24-6-2-4-11(24)15(30)23-10(3-1-5-21-17(19)20)14(29)22-8-13(27)28/h9-11H,1-8,18H2,(H,22,29)(H,23,30)(H,25,26)(H,27,28)(H4,19,20,21). The molecule has 0 aliphatic carbocycles. The highest BCUT2D eigenvalue weighted by Gasteiger charge is 2.37. The van der Waals surface area contributed by atoms with Crippen molar-refractivity contribution in [3.8, 4) is 0 Å².